The summed E-state index contributed by atoms with van der Waals surface area (Å²) in [5.74, 6) is 0.763. The fourth-order valence-electron chi connectivity index (χ4n) is 1.26. The van der Waals surface area contributed by atoms with E-state index in [0.717, 1.165) is 24.7 Å². The molecule has 0 spiro atoms. The molecule has 0 fully saturated rings. The number of nitrogens with zero attached hydrogens (tertiary/aromatic N) is 1. The molecule has 0 aliphatic carbocycles. The van der Waals surface area contributed by atoms with Gasteiger partial charge in [0.2, 0.25) is 0 Å². The van der Waals surface area contributed by atoms with Crippen molar-refractivity contribution in [1.29, 1.82) is 0 Å². The van der Waals surface area contributed by atoms with Crippen LogP contribution >= 0.6 is 11.6 Å². The Labute approximate surface area is 87.2 Å². The normalized spacial score (nSPS) is 14.8. The van der Waals surface area contributed by atoms with Crippen LogP contribution in [0.1, 0.15) is 0 Å². The molecule has 0 aromatic heterocycles. The summed E-state index contributed by atoms with van der Waals surface area (Å²) in [5, 5.41) is 6.82. The average Bonchev–Trinajstić information content (AvgIpc) is 2.62. The van der Waals surface area contributed by atoms with E-state index in [9.17, 15) is 0 Å². The number of nitrogen functional groups attached to an aromatic ring is 1. The summed E-state index contributed by atoms with van der Waals surface area (Å²) in [4.78, 5) is 4.20. The molecule has 5 heteroatoms. The number of hydrogen-bond acceptors (Lipinski definition) is 4. The molecule has 1 aromatic rings. The first kappa shape index (κ1) is 9.15. The molecule has 74 valence electrons. The lowest BCUT2D eigenvalue weighted by Crippen LogP contribution is -2.26. The minimum Gasteiger partial charge on any atom is -0.397 e. The van der Waals surface area contributed by atoms with E-state index in [1.165, 1.54) is 0 Å². The summed E-state index contributed by atoms with van der Waals surface area (Å²) < 4.78 is 0. The van der Waals surface area contributed by atoms with Crippen LogP contribution in [0.25, 0.3) is 0 Å². The van der Waals surface area contributed by atoms with Gasteiger partial charge in [0.1, 0.15) is 0 Å². The molecule has 0 bridgehead atoms. The van der Waals surface area contributed by atoms with E-state index >= 15 is 0 Å². The molecule has 0 unspecified atom stereocenters. The molecule has 1 heterocycles. The second kappa shape index (κ2) is 3.75. The Bertz CT molecular complexity index is 375. The molecule has 1 aliphatic heterocycles. The third kappa shape index (κ3) is 1.90. The van der Waals surface area contributed by atoms with Crippen LogP contribution in [0.15, 0.2) is 23.2 Å². The first-order valence-corrected chi connectivity index (χ1v) is 4.74. The predicted molar refractivity (Wildman–Crippen MR) is 59.8 cm³/mol. The van der Waals surface area contributed by atoms with Gasteiger partial charge in [-0.3, -0.25) is 4.99 Å². The molecule has 4 N–H and O–H groups in total. The number of halogens is 1. The summed E-state index contributed by atoms with van der Waals surface area (Å²) in [6, 6.07) is 5.33. The van der Waals surface area contributed by atoms with Gasteiger partial charge in [0.05, 0.1) is 17.9 Å². The van der Waals surface area contributed by atoms with Crippen molar-refractivity contribution in [3.8, 4) is 0 Å². The Hall–Kier alpha value is -1.42. The molecule has 0 saturated carbocycles. The van der Waals surface area contributed by atoms with E-state index in [1.54, 1.807) is 12.1 Å². The Morgan fingerprint density at radius 2 is 2.36 bits per heavy atom. The summed E-state index contributed by atoms with van der Waals surface area (Å²) in [5.41, 5.74) is 7.21. The molecule has 1 aromatic carbocycles. The highest BCUT2D eigenvalue weighted by Crippen LogP contribution is 2.22. The first-order valence-electron chi connectivity index (χ1n) is 4.36. The molecule has 0 atom stereocenters. The van der Waals surface area contributed by atoms with Gasteiger partial charge in [0.15, 0.2) is 5.96 Å². The summed E-state index contributed by atoms with van der Waals surface area (Å²) in [6.07, 6.45) is 0. The van der Waals surface area contributed by atoms with Gasteiger partial charge in [-0.05, 0) is 18.2 Å². The number of benzene rings is 1. The van der Waals surface area contributed by atoms with Crippen LogP contribution in [0, 0.1) is 0 Å². The highest BCUT2D eigenvalue weighted by Gasteiger charge is 2.06. The predicted octanol–water partition coefficient (Wildman–Crippen LogP) is 1.29. The molecule has 0 amide bonds. The zero-order valence-corrected chi connectivity index (χ0v) is 8.30. The number of nitrogens with two attached hydrogens (primary N) is 1. The fourth-order valence-corrected chi connectivity index (χ4v) is 1.44. The topological polar surface area (TPSA) is 62.4 Å². The number of anilines is 2. The van der Waals surface area contributed by atoms with Gasteiger partial charge in [0.25, 0.3) is 0 Å². The monoisotopic (exact) mass is 210 g/mol. The second-order valence-corrected chi connectivity index (χ2v) is 3.45. The molecular weight excluding hydrogens is 200 g/mol. The minimum atomic E-state index is 0.619. The highest BCUT2D eigenvalue weighted by molar-refractivity contribution is 6.31. The van der Waals surface area contributed by atoms with Crippen LogP contribution in [0.2, 0.25) is 5.02 Å². The fraction of sp³-hybridized carbons (Fsp3) is 0.222. The average molecular weight is 211 g/mol. The molecule has 0 radical (unpaired) electrons. The van der Waals surface area contributed by atoms with Gasteiger partial charge in [-0.15, -0.1) is 0 Å². The van der Waals surface area contributed by atoms with Crippen LogP contribution in [0.3, 0.4) is 0 Å². The zero-order valence-electron chi connectivity index (χ0n) is 7.55. The smallest absolute Gasteiger partial charge is 0.195 e. The van der Waals surface area contributed by atoms with Crippen molar-refractivity contribution in [1.82, 2.24) is 5.32 Å². The van der Waals surface area contributed by atoms with Crippen molar-refractivity contribution in [2.24, 2.45) is 4.99 Å². The molecule has 0 saturated heterocycles. The third-order valence-corrected chi connectivity index (χ3v) is 2.18. The maximum Gasteiger partial charge on any atom is 0.195 e. The number of guanidine groups is 1. The zero-order chi connectivity index (χ0) is 9.97. The molecule has 1 aliphatic rings. The van der Waals surface area contributed by atoms with E-state index in [-0.39, 0.29) is 0 Å². The van der Waals surface area contributed by atoms with E-state index in [4.69, 9.17) is 17.3 Å². The van der Waals surface area contributed by atoms with E-state index in [1.807, 2.05) is 6.07 Å². The Morgan fingerprint density at radius 3 is 3.00 bits per heavy atom. The summed E-state index contributed by atoms with van der Waals surface area (Å²) in [6.45, 7) is 1.67. The van der Waals surface area contributed by atoms with Gasteiger partial charge in [-0.25, -0.2) is 0 Å². The van der Waals surface area contributed by atoms with Crippen molar-refractivity contribution in [3.05, 3.63) is 23.2 Å². The van der Waals surface area contributed by atoms with Gasteiger partial charge >= 0.3 is 0 Å². The first-order chi connectivity index (χ1) is 6.75. The lowest BCUT2D eigenvalue weighted by Gasteiger charge is -2.09. The molecule has 4 nitrogen and oxygen atoms in total. The standard InChI is InChI=1S/C9H11ClN4/c10-6-1-2-8(7(11)5-6)14-9-12-3-4-13-9/h1-2,5H,3-4,11H2,(H2,12,13,14). The summed E-state index contributed by atoms with van der Waals surface area (Å²) in [7, 11) is 0. The third-order valence-electron chi connectivity index (χ3n) is 1.94. The van der Waals surface area contributed by atoms with E-state index in [2.05, 4.69) is 15.6 Å². The largest absolute Gasteiger partial charge is 0.397 e. The van der Waals surface area contributed by atoms with Crippen molar-refractivity contribution < 1.29 is 0 Å². The van der Waals surface area contributed by atoms with Crippen LogP contribution < -0.4 is 16.4 Å². The number of hydrogen-bond donors (Lipinski definition) is 3. The van der Waals surface area contributed by atoms with Crippen molar-refractivity contribution in [3.63, 3.8) is 0 Å². The van der Waals surface area contributed by atoms with E-state index < -0.39 is 0 Å². The van der Waals surface area contributed by atoms with Crippen molar-refractivity contribution in [2.45, 2.75) is 0 Å². The van der Waals surface area contributed by atoms with E-state index in [0.29, 0.717) is 10.7 Å². The molecule has 14 heavy (non-hydrogen) atoms. The van der Waals surface area contributed by atoms with Crippen molar-refractivity contribution >= 4 is 28.9 Å². The van der Waals surface area contributed by atoms with Crippen LogP contribution in [0.4, 0.5) is 11.4 Å². The lowest BCUT2D eigenvalue weighted by atomic mass is 10.3. The lowest BCUT2D eigenvalue weighted by molar-refractivity contribution is 0.959. The minimum absolute atomic E-state index is 0.619. The van der Waals surface area contributed by atoms with Crippen LogP contribution in [-0.2, 0) is 0 Å². The Morgan fingerprint density at radius 1 is 1.50 bits per heavy atom. The Balaban J connectivity index is 2.16. The maximum absolute atomic E-state index is 5.78. The SMILES string of the molecule is Nc1cc(Cl)ccc1NC1=NCCN1. The second-order valence-electron chi connectivity index (χ2n) is 3.01. The molecular formula is C9H11ClN4. The summed E-state index contributed by atoms with van der Waals surface area (Å²) >= 11 is 5.78. The number of aliphatic imine (C=N–C) groups is 1. The van der Waals surface area contributed by atoms with Crippen molar-refractivity contribution in [2.75, 3.05) is 24.1 Å². The van der Waals surface area contributed by atoms with Gasteiger partial charge in [0, 0.05) is 11.6 Å². The van der Waals surface area contributed by atoms with Crippen LogP contribution in [0.5, 0.6) is 0 Å². The Kier molecular flexibility index (Phi) is 2.45. The molecule has 2 rings (SSSR count). The van der Waals surface area contributed by atoms with Gasteiger partial charge in [-0.2, -0.15) is 0 Å². The number of rotatable bonds is 1. The highest BCUT2D eigenvalue weighted by atomic mass is 35.5. The van der Waals surface area contributed by atoms with Crippen LogP contribution in [-0.4, -0.2) is 19.0 Å². The number of nitrogens with one attached hydrogen (secondary N) is 2. The van der Waals surface area contributed by atoms with Gasteiger partial charge < -0.3 is 16.4 Å². The quantitative estimate of drug-likeness (QED) is 0.613. The maximum atomic E-state index is 5.78. The van der Waals surface area contributed by atoms with Gasteiger partial charge in [-0.1, -0.05) is 11.6 Å².